The SMILES string of the molecule is Cc1cc(Br)cc2[nH]c(-c3c(N)cccc3Cl)nc12. The van der Waals surface area contributed by atoms with Gasteiger partial charge < -0.3 is 10.7 Å². The molecule has 5 heteroatoms. The Morgan fingerprint density at radius 3 is 2.84 bits per heavy atom. The first kappa shape index (κ1) is 12.5. The normalized spacial score (nSPS) is 11.1. The quantitative estimate of drug-likeness (QED) is 0.641. The number of anilines is 1. The number of halogens is 2. The molecule has 0 radical (unpaired) electrons. The number of nitrogens with one attached hydrogen (secondary N) is 1. The van der Waals surface area contributed by atoms with Crippen molar-refractivity contribution in [2.45, 2.75) is 6.92 Å². The lowest BCUT2D eigenvalue weighted by atomic mass is 10.2. The molecule has 19 heavy (non-hydrogen) atoms. The first-order chi connectivity index (χ1) is 9.06. The molecule has 0 fully saturated rings. The molecule has 0 saturated heterocycles. The largest absolute Gasteiger partial charge is 0.398 e. The number of hydrogen-bond donors (Lipinski definition) is 2. The second kappa shape index (κ2) is 4.54. The van der Waals surface area contributed by atoms with Crippen LogP contribution in [-0.2, 0) is 0 Å². The van der Waals surface area contributed by atoms with E-state index in [4.69, 9.17) is 17.3 Å². The summed E-state index contributed by atoms with van der Waals surface area (Å²) in [4.78, 5) is 7.87. The van der Waals surface area contributed by atoms with Gasteiger partial charge in [-0.3, -0.25) is 0 Å². The molecule has 1 aromatic heterocycles. The number of benzene rings is 2. The minimum Gasteiger partial charge on any atom is -0.398 e. The summed E-state index contributed by atoms with van der Waals surface area (Å²) in [5, 5.41) is 0.593. The fraction of sp³-hybridized carbons (Fsp3) is 0.0714. The summed E-state index contributed by atoms with van der Waals surface area (Å²) in [6.07, 6.45) is 0. The zero-order valence-electron chi connectivity index (χ0n) is 10.2. The number of nitrogens with zero attached hydrogens (tertiary/aromatic N) is 1. The second-order valence-electron chi connectivity index (χ2n) is 4.41. The fourth-order valence-corrected chi connectivity index (χ4v) is 3.00. The van der Waals surface area contributed by atoms with Crippen molar-refractivity contribution in [2.75, 3.05) is 5.73 Å². The standard InChI is InChI=1S/C14H11BrClN3/c1-7-5-8(15)6-11-13(7)19-14(18-11)12-9(16)3-2-4-10(12)17/h2-6H,17H2,1H3,(H,18,19). The molecule has 0 unspecified atom stereocenters. The van der Waals surface area contributed by atoms with E-state index in [0.717, 1.165) is 26.6 Å². The van der Waals surface area contributed by atoms with Crippen LogP contribution in [0.2, 0.25) is 5.02 Å². The Morgan fingerprint density at radius 2 is 2.11 bits per heavy atom. The summed E-state index contributed by atoms with van der Waals surface area (Å²) in [6.45, 7) is 2.02. The van der Waals surface area contributed by atoms with Gasteiger partial charge in [0.2, 0.25) is 0 Å². The van der Waals surface area contributed by atoms with Crippen LogP contribution >= 0.6 is 27.5 Å². The zero-order valence-corrected chi connectivity index (χ0v) is 12.5. The van der Waals surface area contributed by atoms with Crippen molar-refractivity contribution in [2.24, 2.45) is 0 Å². The molecule has 3 aromatic rings. The number of rotatable bonds is 1. The number of nitrogens with two attached hydrogens (primary N) is 1. The van der Waals surface area contributed by atoms with Crippen molar-refractivity contribution < 1.29 is 0 Å². The van der Waals surface area contributed by atoms with Crippen LogP contribution in [0.4, 0.5) is 5.69 Å². The van der Waals surface area contributed by atoms with Gasteiger partial charge in [0.25, 0.3) is 0 Å². The number of nitrogen functional groups attached to an aromatic ring is 1. The second-order valence-corrected chi connectivity index (χ2v) is 5.73. The highest BCUT2D eigenvalue weighted by atomic mass is 79.9. The maximum Gasteiger partial charge on any atom is 0.142 e. The Kier molecular flexibility index (Phi) is 2.99. The number of hydrogen-bond acceptors (Lipinski definition) is 2. The van der Waals surface area contributed by atoms with Crippen molar-refractivity contribution in [1.82, 2.24) is 9.97 Å². The van der Waals surface area contributed by atoms with Gasteiger partial charge in [0.1, 0.15) is 5.82 Å². The van der Waals surface area contributed by atoms with Gasteiger partial charge in [-0.15, -0.1) is 0 Å². The van der Waals surface area contributed by atoms with Gasteiger partial charge in [0, 0.05) is 10.2 Å². The molecule has 0 bridgehead atoms. The first-order valence-electron chi connectivity index (χ1n) is 5.76. The van der Waals surface area contributed by atoms with Crippen LogP contribution in [0.5, 0.6) is 0 Å². The van der Waals surface area contributed by atoms with E-state index in [2.05, 4.69) is 25.9 Å². The average molecular weight is 337 g/mol. The summed E-state index contributed by atoms with van der Waals surface area (Å²) < 4.78 is 1.01. The van der Waals surface area contributed by atoms with E-state index in [1.54, 1.807) is 0 Å². The number of aromatic amines is 1. The Hall–Kier alpha value is -1.52. The molecule has 0 aliphatic heterocycles. The first-order valence-corrected chi connectivity index (χ1v) is 6.93. The third kappa shape index (κ3) is 2.11. The number of imidazole rings is 1. The van der Waals surface area contributed by atoms with E-state index in [9.17, 15) is 0 Å². The number of aromatic nitrogens is 2. The maximum atomic E-state index is 6.21. The van der Waals surface area contributed by atoms with Gasteiger partial charge in [-0.25, -0.2) is 4.98 Å². The smallest absolute Gasteiger partial charge is 0.142 e. The Labute approximate surface area is 123 Å². The number of fused-ring (bicyclic) bond motifs is 1. The van der Waals surface area contributed by atoms with Crippen LogP contribution in [0.15, 0.2) is 34.8 Å². The van der Waals surface area contributed by atoms with Gasteiger partial charge in [-0.05, 0) is 36.8 Å². The molecular formula is C14H11BrClN3. The highest BCUT2D eigenvalue weighted by Gasteiger charge is 2.13. The van der Waals surface area contributed by atoms with Gasteiger partial charge in [-0.2, -0.15) is 0 Å². The van der Waals surface area contributed by atoms with Crippen LogP contribution in [0.1, 0.15) is 5.56 Å². The van der Waals surface area contributed by atoms with Gasteiger partial charge in [-0.1, -0.05) is 33.6 Å². The predicted octanol–water partition coefficient (Wildman–Crippen LogP) is 4.54. The fourth-order valence-electron chi connectivity index (χ4n) is 2.16. The molecule has 0 atom stereocenters. The minimum absolute atomic E-state index is 0.593. The molecule has 3 nitrogen and oxygen atoms in total. The number of aryl methyl sites for hydroxylation is 1. The summed E-state index contributed by atoms with van der Waals surface area (Å²) >= 11 is 9.69. The van der Waals surface area contributed by atoms with E-state index < -0.39 is 0 Å². The van der Waals surface area contributed by atoms with Crippen LogP contribution in [0, 0.1) is 6.92 Å². The van der Waals surface area contributed by atoms with E-state index in [1.165, 1.54) is 0 Å². The molecule has 3 rings (SSSR count). The Morgan fingerprint density at radius 1 is 1.32 bits per heavy atom. The third-order valence-corrected chi connectivity index (χ3v) is 3.80. The summed E-state index contributed by atoms with van der Waals surface area (Å²) in [6, 6.07) is 9.47. The Balaban J connectivity index is 2.30. The van der Waals surface area contributed by atoms with Crippen LogP contribution in [0.3, 0.4) is 0 Å². The molecule has 0 aliphatic rings. The molecule has 0 saturated carbocycles. The number of H-pyrrole nitrogens is 1. The van der Waals surface area contributed by atoms with Crippen LogP contribution in [0.25, 0.3) is 22.4 Å². The van der Waals surface area contributed by atoms with Gasteiger partial charge >= 0.3 is 0 Å². The topological polar surface area (TPSA) is 54.7 Å². The monoisotopic (exact) mass is 335 g/mol. The lowest BCUT2D eigenvalue weighted by Crippen LogP contribution is -1.91. The predicted molar refractivity (Wildman–Crippen MR) is 83.4 cm³/mol. The van der Waals surface area contributed by atoms with Crippen molar-refractivity contribution in [1.29, 1.82) is 0 Å². The summed E-state index contributed by atoms with van der Waals surface area (Å²) in [5.41, 5.74) is 10.3. The van der Waals surface area contributed by atoms with E-state index >= 15 is 0 Å². The molecule has 2 aromatic carbocycles. The van der Waals surface area contributed by atoms with Crippen molar-refractivity contribution in [3.8, 4) is 11.4 Å². The van der Waals surface area contributed by atoms with Crippen LogP contribution < -0.4 is 5.73 Å². The van der Waals surface area contributed by atoms with Gasteiger partial charge in [0.15, 0.2) is 0 Å². The van der Waals surface area contributed by atoms with Crippen LogP contribution in [-0.4, -0.2) is 9.97 Å². The molecule has 1 heterocycles. The lowest BCUT2D eigenvalue weighted by molar-refractivity contribution is 1.33. The molecular weight excluding hydrogens is 326 g/mol. The van der Waals surface area contributed by atoms with Crippen molar-refractivity contribution in [3.05, 3.63) is 45.4 Å². The third-order valence-electron chi connectivity index (χ3n) is 3.02. The molecule has 0 amide bonds. The summed E-state index contributed by atoms with van der Waals surface area (Å²) in [5.74, 6) is 0.694. The molecule has 96 valence electrons. The molecule has 0 aliphatic carbocycles. The van der Waals surface area contributed by atoms with Crippen molar-refractivity contribution >= 4 is 44.3 Å². The zero-order chi connectivity index (χ0) is 13.6. The Bertz CT molecular complexity index is 759. The van der Waals surface area contributed by atoms with E-state index in [-0.39, 0.29) is 0 Å². The van der Waals surface area contributed by atoms with E-state index in [1.807, 2.05) is 37.3 Å². The lowest BCUT2D eigenvalue weighted by Gasteiger charge is -2.03. The molecule has 3 N–H and O–H groups in total. The highest BCUT2D eigenvalue weighted by Crippen LogP contribution is 2.33. The molecule has 0 spiro atoms. The average Bonchev–Trinajstić information content (AvgIpc) is 2.72. The highest BCUT2D eigenvalue weighted by molar-refractivity contribution is 9.10. The van der Waals surface area contributed by atoms with Crippen molar-refractivity contribution in [3.63, 3.8) is 0 Å². The minimum atomic E-state index is 0.593. The van der Waals surface area contributed by atoms with Gasteiger partial charge in [0.05, 0.1) is 21.6 Å². The summed E-state index contributed by atoms with van der Waals surface area (Å²) in [7, 11) is 0. The maximum absolute atomic E-state index is 6.21. The van der Waals surface area contributed by atoms with E-state index in [0.29, 0.717) is 16.5 Å².